The summed E-state index contributed by atoms with van der Waals surface area (Å²) >= 11 is 0. The van der Waals surface area contributed by atoms with Gasteiger partial charge in [0.2, 0.25) is 0 Å². The maximum Gasteiger partial charge on any atom is 0.387 e. The Morgan fingerprint density at radius 2 is 2.11 bits per heavy atom. The van der Waals surface area contributed by atoms with Gasteiger partial charge in [-0.05, 0) is 17.7 Å². The number of hydrogen-bond donors (Lipinski definition) is 2. The van der Waals surface area contributed by atoms with E-state index in [1.165, 1.54) is 19.2 Å². The van der Waals surface area contributed by atoms with Crippen LogP contribution >= 0.6 is 0 Å². The van der Waals surface area contributed by atoms with Crippen LogP contribution in [0.15, 0.2) is 18.2 Å². The molecule has 9 heteroatoms. The van der Waals surface area contributed by atoms with Gasteiger partial charge in [-0.1, -0.05) is 11.3 Å². The second-order valence-corrected chi connectivity index (χ2v) is 3.54. The first-order chi connectivity index (χ1) is 9.11. The van der Waals surface area contributed by atoms with E-state index in [2.05, 4.69) is 25.4 Å². The summed E-state index contributed by atoms with van der Waals surface area (Å²) in [6.45, 7) is -2.95. The zero-order valence-corrected chi connectivity index (χ0v) is 9.88. The molecule has 7 nitrogen and oxygen atoms in total. The van der Waals surface area contributed by atoms with Crippen molar-refractivity contribution in [3.05, 3.63) is 29.6 Å². The Bertz CT molecular complexity index is 535. The van der Waals surface area contributed by atoms with E-state index in [0.717, 1.165) is 0 Å². The van der Waals surface area contributed by atoms with Crippen LogP contribution in [0.25, 0.3) is 0 Å². The van der Waals surface area contributed by atoms with Gasteiger partial charge in [0, 0.05) is 0 Å². The number of aromatic nitrogens is 4. The van der Waals surface area contributed by atoms with Crippen LogP contribution in [0.3, 0.4) is 0 Å². The van der Waals surface area contributed by atoms with Gasteiger partial charge >= 0.3 is 6.61 Å². The molecule has 0 radical (unpaired) electrons. The van der Waals surface area contributed by atoms with Crippen molar-refractivity contribution in [1.29, 1.82) is 0 Å². The van der Waals surface area contributed by atoms with Crippen LogP contribution in [0.5, 0.6) is 11.5 Å². The molecule has 0 aliphatic heterocycles. The summed E-state index contributed by atoms with van der Waals surface area (Å²) in [4.78, 5) is 0. The Morgan fingerprint density at radius 1 is 1.32 bits per heavy atom. The van der Waals surface area contributed by atoms with E-state index in [9.17, 15) is 8.78 Å². The lowest BCUT2D eigenvalue weighted by molar-refractivity contribution is -0.0512. The third kappa shape index (κ3) is 2.94. The highest BCUT2D eigenvalue weighted by molar-refractivity contribution is 5.44. The lowest BCUT2D eigenvalue weighted by Gasteiger charge is -2.13. The van der Waals surface area contributed by atoms with E-state index >= 15 is 0 Å². The number of nitrogens with zero attached hydrogens (tertiary/aromatic N) is 3. The molecule has 2 rings (SSSR count). The third-order valence-electron chi connectivity index (χ3n) is 2.40. The summed E-state index contributed by atoms with van der Waals surface area (Å²) < 4.78 is 33.9. The molecule has 0 saturated heterocycles. The molecule has 1 atom stereocenters. The van der Waals surface area contributed by atoms with Gasteiger partial charge in [-0.25, -0.2) is 0 Å². The molecule has 1 aromatic heterocycles. The van der Waals surface area contributed by atoms with Crippen molar-refractivity contribution in [3.8, 4) is 11.5 Å². The van der Waals surface area contributed by atoms with Gasteiger partial charge in [-0.2, -0.15) is 14.0 Å². The largest absolute Gasteiger partial charge is 0.493 e. The highest BCUT2D eigenvalue weighted by atomic mass is 19.3. The summed E-state index contributed by atoms with van der Waals surface area (Å²) in [6.07, 6.45) is 0. The van der Waals surface area contributed by atoms with Crippen molar-refractivity contribution in [3.63, 3.8) is 0 Å². The van der Waals surface area contributed by atoms with Gasteiger partial charge < -0.3 is 15.2 Å². The number of aromatic amines is 1. The summed E-state index contributed by atoms with van der Waals surface area (Å²) in [5.74, 6) is 0.325. The molecular formula is C10H11F2N5O2. The van der Waals surface area contributed by atoms with Crippen molar-refractivity contribution >= 4 is 0 Å². The Morgan fingerprint density at radius 3 is 2.68 bits per heavy atom. The first kappa shape index (κ1) is 13.1. The minimum absolute atomic E-state index is 0.103. The SMILES string of the molecule is COc1ccc(C(N)c2nn[nH]n2)cc1OC(F)F. The number of H-pyrrole nitrogens is 1. The molecule has 3 N–H and O–H groups in total. The lowest BCUT2D eigenvalue weighted by Crippen LogP contribution is -2.14. The number of rotatable bonds is 5. The summed E-state index contributed by atoms with van der Waals surface area (Å²) in [7, 11) is 1.35. The predicted octanol–water partition coefficient (Wildman–Crippen LogP) is 0.858. The average Bonchev–Trinajstić information content (AvgIpc) is 2.91. The molecule has 19 heavy (non-hydrogen) atoms. The number of nitrogens with two attached hydrogens (primary N) is 1. The topological polar surface area (TPSA) is 98.9 Å². The second-order valence-electron chi connectivity index (χ2n) is 3.54. The van der Waals surface area contributed by atoms with Crippen LogP contribution < -0.4 is 15.2 Å². The van der Waals surface area contributed by atoms with Crippen molar-refractivity contribution in [2.75, 3.05) is 7.11 Å². The number of nitrogens with one attached hydrogen (secondary N) is 1. The number of hydrogen-bond acceptors (Lipinski definition) is 6. The molecule has 0 aliphatic carbocycles. The Labute approximate surface area is 106 Å². The van der Waals surface area contributed by atoms with Gasteiger partial charge in [0.1, 0.15) is 0 Å². The minimum atomic E-state index is -2.95. The van der Waals surface area contributed by atoms with Gasteiger partial charge in [0.25, 0.3) is 0 Å². The fraction of sp³-hybridized carbons (Fsp3) is 0.300. The van der Waals surface area contributed by atoms with Crippen molar-refractivity contribution in [1.82, 2.24) is 20.6 Å². The van der Waals surface area contributed by atoms with Crippen LogP contribution in [0.2, 0.25) is 0 Å². The number of benzene rings is 1. The van der Waals surface area contributed by atoms with Crippen molar-refractivity contribution in [2.24, 2.45) is 5.73 Å². The van der Waals surface area contributed by atoms with Crippen LogP contribution in [0, 0.1) is 0 Å². The number of alkyl halides is 2. The Kier molecular flexibility index (Phi) is 3.85. The summed E-state index contributed by atoms with van der Waals surface area (Å²) in [5, 5.41) is 13.1. The van der Waals surface area contributed by atoms with Crippen LogP contribution in [0.1, 0.15) is 17.4 Å². The van der Waals surface area contributed by atoms with Crippen LogP contribution in [-0.4, -0.2) is 34.3 Å². The summed E-state index contributed by atoms with van der Waals surface area (Å²) in [6, 6.07) is 3.74. The van der Waals surface area contributed by atoms with E-state index in [4.69, 9.17) is 10.5 Å². The molecule has 0 aliphatic rings. The number of methoxy groups -OCH3 is 1. The molecule has 0 saturated carbocycles. The molecule has 102 valence electrons. The molecule has 1 aromatic carbocycles. The normalized spacial score (nSPS) is 12.5. The van der Waals surface area contributed by atoms with Crippen molar-refractivity contribution in [2.45, 2.75) is 12.7 Å². The highest BCUT2D eigenvalue weighted by Gasteiger charge is 2.17. The van der Waals surface area contributed by atoms with Gasteiger partial charge in [0.05, 0.1) is 13.2 Å². The predicted molar refractivity (Wildman–Crippen MR) is 59.8 cm³/mol. The standard InChI is InChI=1S/C10H11F2N5O2/c1-18-6-3-2-5(4-7(6)19-10(11)12)8(13)9-14-16-17-15-9/h2-4,8,10H,13H2,1H3,(H,14,15,16,17). The molecule has 1 unspecified atom stereocenters. The van der Waals surface area contributed by atoms with Gasteiger partial charge in [-0.15, -0.1) is 10.2 Å². The molecule has 1 heterocycles. The third-order valence-corrected chi connectivity index (χ3v) is 2.40. The van der Waals surface area contributed by atoms with Gasteiger partial charge in [-0.3, -0.25) is 0 Å². The highest BCUT2D eigenvalue weighted by Crippen LogP contribution is 2.31. The van der Waals surface area contributed by atoms with Crippen LogP contribution in [0.4, 0.5) is 8.78 Å². The van der Waals surface area contributed by atoms with Crippen LogP contribution in [-0.2, 0) is 0 Å². The fourth-order valence-electron chi connectivity index (χ4n) is 1.53. The first-order valence-electron chi connectivity index (χ1n) is 5.23. The van der Waals surface area contributed by atoms with E-state index < -0.39 is 12.7 Å². The zero-order valence-electron chi connectivity index (χ0n) is 9.88. The molecule has 2 aromatic rings. The Hall–Kier alpha value is -2.29. The molecule has 0 spiro atoms. The van der Waals surface area contributed by atoms with Gasteiger partial charge in [0.15, 0.2) is 17.3 Å². The summed E-state index contributed by atoms with van der Waals surface area (Å²) in [5.41, 5.74) is 6.38. The molecular weight excluding hydrogens is 260 g/mol. The quantitative estimate of drug-likeness (QED) is 0.836. The molecule has 0 amide bonds. The minimum Gasteiger partial charge on any atom is -0.493 e. The zero-order chi connectivity index (χ0) is 13.8. The number of halogens is 2. The maximum absolute atomic E-state index is 12.3. The lowest BCUT2D eigenvalue weighted by atomic mass is 10.1. The second kappa shape index (κ2) is 5.57. The van der Waals surface area contributed by atoms with Crippen molar-refractivity contribution < 1.29 is 18.3 Å². The van der Waals surface area contributed by atoms with E-state index in [0.29, 0.717) is 5.56 Å². The number of tetrazole rings is 1. The molecule has 0 fully saturated rings. The maximum atomic E-state index is 12.3. The average molecular weight is 271 g/mol. The van der Waals surface area contributed by atoms with E-state index in [-0.39, 0.29) is 17.3 Å². The van der Waals surface area contributed by atoms with E-state index in [1.54, 1.807) is 6.07 Å². The fourth-order valence-corrected chi connectivity index (χ4v) is 1.53. The smallest absolute Gasteiger partial charge is 0.387 e. The Balaban J connectivity index is 2.31. The monoisotopic (exact) mass is 271 g/mol. The van der Waals surface area contributed by atoms with E-state index in [1.807, 2.05) is 0 Å². The number of ether oxygens (including phenoxy) is 2. The first-order valence-corrected chi connectivity index (χ1v) is 5.23. The molecule has 0 bridgehead atoms.